The first kappa shape index (κ1) is 15.4. The van der Waals surface area contributed by atoms with Crippen LogP contribution in [0.1, 0.15) is 46.0 Å². The molecular weight excluding hydrogens is 228 g/mol. The van der Waals surface area contributed by atoms with Gasteiger partial charge in [0.2, 0.25) is 5.91 Å². The summed E-state index contributed by atoms with van der Waals surface area (Å²) in [6.07, 6.45) is 4.32. The highest BCUT2D eigenvalue weighted by Crippen LogP contribution is 2.24. The molecule has 3 N–H and O–H groups in total. The van der Waals surface area contributed by atoms with E-state index >= 15 is 0 Å². The third-order valence-corrected chi connectivity index (χ3v) is 3.93. The second-order valence-corrected chi connectivity index (χ2v) is 5.93. The van der Waals surface area contributed by atoms with Gasteiger partial charge in [-0.15, -0.1) is 0 Å². The first-order valence-electron chi connectivity index (χ1n) is 7.12. The Bertz CT molecular complexity index is 269. The fraction of sp³-hybridized carbons (Fsp3) is 0.929. The first-order valence-corrected chi connectivity index (χ1v) is 7.12. The number of nitrogens with two attached hydrogens (primary N) is 1. The highest BCUT2D eigenvalue weighted by Gasteiger charge is 2.32. The summed E-state index contributed by atoms with van der Waals surface area (Å²) in [5, 5.41) is 10.00. The van der Waals surface area contributed by atoms with Crippen LogP contribution in [0.3, 0.4) is 0 Å². The molecule has 18 heavy (non-hydrogen) atoms. The van der Waals surface area contributed by atoms with Crippen molar-refractivity contribution in [3.05, 3.63) is 0 Å². The molecule has 0 spiro atoms. The van der Waals surface area contributed by atoms with Gasteiger partial charge in [-0.1, -0.05) is 26.7 Å². The maximum atomic E-state index is 12.4. The number of aliphatic hydroxyl groups is 1. The van der Waals surface area contributed by atoms with E-state index in [1.807, 2.05) is 7.05 Å². The minimum absolute atomic E-state index is 0.0209. The largest absolute Gasteiger partial charge is 0.391 e. The molecule has 1 aliphatic rings. The summed E-state index contributed by atoms with van der Waals surface area (Å²) in [6, 6.07) is -0.0209. The summed E-state index contributed by atoms with van der Waals surface area (Å²) in [5.74, 6) is 0.452. The third kappa shape index (κ3) is 3.95. The highest BCUT2D eigenvalue weighted by molar-refractivity contribution is 5.79. The van der Waals surface area contributed by atoms with Crippen LogP contribution in [-0.4, -0.2) is 41.7 Å². The van der Waals surface area contributed by atoms with Crippen LogP contribution in [0.5, 0.6) is 0 Å². The number of nitrogens with zero attached hydrogens (tertiary/aromatic N) is 1. The lowest BCUT2D eigenvalue weighted by molar-refractivity contribution is -0.140. The number of rotatable bonds is 5. The summed E-state index contributed by atoms with van der Waals surface area (Å²) in [7, 11) is 1.81. The standard InChI is InChI=1S/C14H28N2O2/c1-10(2)8-11(9-15)14(18)16(3)12-6-4-5-7-13(12)17/h10-13,17H,4-9,15H2,1-3H3. The van der Waals surface area contributed by atoms with Gasteiger partial charge in [0, 0.05) is 13.6 Å². The van der Waals surface area contributed by atoms with Crippen molar-refractivity contribution in [1.29, 1.82) is 0 Å². The Hall–Kier alpha value is -0.610. The van der Waals surface area contributed by atoms with Crippen LogP contribution >= 0.6 is 0 Å². The molecule has 1 rings (SSSR count). The molecule has 3 atom stereocenters. The van der Waals surface area contributed by atoms with E-state index in [1.54, 1.807) is 4.90 Å². The molecule has 106 valence electrons. The average molecular weight is 256 g/mol. The lowest BCUT2D eigenvalue weighted by atomic mass is 9.89. The maximum Gasteiger partial charge on any atom is 0.227 e. The van der Waals surface area contributed by atoms with E-state index in [1.165, 1.54) is 0 Å². The van der Waals surface area contributed by atoms with E-state index in [0.717, 1.165) is 32.1 Å². The zero-order valence-electron chi connectivity index (χ0n) is 11.9. The molecule has 0 aromatic rings. The van der Waals surface area contributed by atoms with Crippen LogP contribution in [-0.2, 0) is 4.79 Å². The Morgan fingerprint density at radius 2 is 2.00 bits per heavy atom. The van der Waals surface area contributed by atoms with Crippen molar-refractivity contribution in [2.24, 2.45) is 17.6 Å². The number of carbonyl (C=O) groups excluding carboxylic acids is 1. The van der Waals surface area contributed by atoms with Gasteiger partial charge < -0.3 is 15.7 Å². The van der Waals surface area contributed by atoms with Crippen LogP contribution in [0.25, 0.3) is 0 Å². The van der Waals surface area contributed by atoms with Crippen molar-refractivity contribution in [1.82, 2.24) is 4.90 Å². The quantitative estimate of drug-likeness (QED) is 0.780. The maximum absolute atomic E-state index is 12.4. The second kappa shape index (κ2) is 7.10. The number of amides is 1. The lowest BCUT2D eigenvalue weighted by Gasteiger charge is -2.37. The SMILES string of the molecule is CC(C)CC(CN)C(=O)N(C)C1CCCCC1O. The topological polar surface area (TPSA) is 66.6 Å². The number of aliphatic hydroxyl groups excluding tert-OH is 1. The molecule has 0 saturated heterocycles. The smallest absolute Gasteiger partial charge is 0.227 e. The Kier molecular flexibility index (Phi) is 6.09. The van der Waals surface area contributed by atoms with Gasteiger partial charge >= 0.3 is 0 Å². The molecule has 1 saturated carbocycles. The van der Waals surface area contributed by atoms with Gasteiger partial charge in [-0.25, -0.2) is 0 Å². The zero-order valence-corrected chi connectivity index (χ0v) is 11.9. The Morgan fingerprint density at radius 1 is 1.39 bits per heavy atom. The molecule has 4 nitrogen and oxygen atoms in total. The van der Waals surface area contributed by atoms with E-state index in [9.17, 15) is 9.90 Å². The Labute approximate surface area is 111 Å². The normalized spacial score (nSPS) is 26.1. The molecule has 0 aliphatic heterocycles. The molecule has 0 bridgehead atoms. The van der Waals surface area contributed by atoms with Gasteiger partial charge in [0.05, 0.1) is 18.1 Å². The van der Waals surface area contributed by atoms with Gasteiger partial charge in [0.15, 0.2) is 0 Å². The summed E-state index contributed by atoms with van der Waals surface area (Å²) >= 11 is 0. The van der Waals surface area contributed by atoms with E-state index in [4.69, 9.17) is 5.73 Å². The first-order chi connectivity index (χ1) is 8.47. The summed E-state index contributed by atoms with van der Waals surface area (Å²) in [5.41, 5.74) is 5.71. The predicted octanol–water partition coefficient (Wildman–Crippen LogP) is 1.37. The Morgan fingerprint density at radius 3 is 2.50 bits per heavy atom. The average Bonchev–Trinajstić information content (AvgIpc) is 2.34. The van der Waals surface area contributed by atoms with Crippen molar-refractivity contribution in [3.63, 3.8) is 0 Å². The molecule has 1 fully saturated rings. The van der Waals surface area contributed by atoms with Gasteiger partial charge in [-0.2, -0.15) is 0 Å². The van der Waals surface area contributed by atoms with Crippen molar-refractivity contribution < 1.29 is 9.90 Å². The molecule has 4 heteroatoms. The van der Waals surface area contributed by atoms with Gasteiger partial charge in [0.1, 0.15) is 0 Å². The van der Waals surface area contributed by atoms with E-state index in [0.29, 0.717) is 12.5 Å². The van der Waals surface area contributed by atoms with Crippen LogP contribution in [0.2, 0.25) is 0 Å². The summed E-state index contributed by atoms with van der Waals surface area (Å²) in [4.78, 5) is 14.1. The molecule has 1 aliphatic carbocycles. The summed E-state index contributed by atoms with van der Waals surface area (Å²) < 4.78 is 0. The summed E-state index contributed by atoms with van der Waals surface area (Å²) in [6.45, 7) is 4.60. The fourth-order valence-electron chi connectivity index (χ4n) is 2.86. The van der Waals surface area contributed by atoms with E-state index in [-0.39, 0.29) is 24.0 Å². The second-order valence-electron chi connectivity index (χ2n) is 5.93. The molecular formula is C14H28N2O2. The minimum atomic E-state index is -0.370. The van der Waals surface area contributed by atoms with Crippen molar-refractivity contribution in [3.8, 4) is 0 Å². The Balaban J connectivity index is 2.62. The molecule has 0 aromatic heterocycles. The molecule has 0 radical (unpaired) electrons. The van der Waals surface area contributed by atoms with Crippen LogP contribution in [0, 0.1) is 11.8 Å². The lowest BCUT2D eigenvalue weighted by Crippen LogP contribution is -2.49. The zero-order chi connectivity index (χ0) is 13.7. The molecule has 0 heterocycles. The van der Waals surface area contributed by atoms with Crippen molar-refractivity contribution in [2.45, 2.75) is 58.1 Å². The van der Waals surface area contributed by atoms with Gasteiger partial charge in [-0.3, -0.25) is 4.79 Å². The van der Waals surface area contributed by atoms with Crippen LogP contribution < -0.4 is 5.73 Å². The number of hydrogen-bond donors (Lipinski definition) is 2. The van der Waals surface area contributed by atoms with Crippen molar-refractivity contribution >= 4 is 5.91 Å². The van der Waals surface area contributed by atoms with E-state index < -0.39 is 0 Å². The number of hydrogen-bond acceptors (Lipinski definition) is 3. The fourth-order valence-corrected chi connectivity index (χ4v) is 2.86. The molecule has 3 unspecified atom stereocenters. The number of likely N-dealkylation sites (N-methyl/N-ethyl adjacent to an activating group) is 1. The molecule has 0 aromatic carbocycles. The molecule has 1 amide bonds. The third-order valence-electron chi connectivity index (χ3n) is 3.93. The van der Waals surface area contributed by atoms with Gasteiger partial charge in [-0.05, 0) is 25.2 Å². The van der Waals surface area contributed by atoms with Crippen molar-refractivity contribution in [2.75, 3.05) is 13.6 Å². The van der Waals surface area contributed by atoms with Crippen LogP contribution in [0.15, 0.2) is 0 Å². The van der Waals surface area contributed by atoms with Gasteiger partial charge in [0.25, 0.3) is 0 Å². The van der Waals surface area contributed by atoms with E-state index in [2.05, 4.69) is 13.8 Å². The predicted molar refractivity (Wildman–Crippen MR) is 73.0 cm³/mol. The minimum Gasteiger partial charge on any atom is -0.391 e. The van der Waals surface area contributed by atoms with Crippen LogP contribution in [0.4, 0.5) is 0 Å². The highest BCUT2D eigenvalue weighted by atomic mass is 16.3. The number of carbonyl (C=O) groups is 1. The monoisotopic (exact) mass is 256 g/mol.